The minimum absolute atomic E-state index is 0.418. The van der Waals surface area contributed by atoms with Gasteiger partial charge in [0.25, 0.3) is 0 Å². The summed E-state index contributed by atoms with van der Waals surface area (Å²) in [6.07, 6.45) is 0. The first-order valence-electron chi connectivity index (χ1n) is 28.0. The third-order valence-corrected chi connectivity index (χ3v) is 18.8. The van der Waals surface area contributed by atoms with E-state index in [0.717, 1.165) is 108 Å². The Balaban J connectivity index is 1.14. The zero-order valence-electron chi connectivity index (χ0n) is 44.3. The number of para-hydroxylation sites is 6. The summed E-state index contributed by atoms with van der Waals surface area (Å²) in [5, 5.41) is 41.4. The monoisotopic (exact) mass is 1070 g/mol. The van der Waals surface area contributed by atoms with Crippen molar-refractivity contribution in [3.05, 3.63) is 266 Å². The summed E-state index contributed by atoms with van der Waals surface area (Å²) in [5.74, 6) is 0. The molecule has 5 heterocycles. The predicted octanol–water partition coefficient (Wildman–Crippen LogP) is 20.2. The summed E-state index contributed by atoms with van der Waals surface area (Å²) in [5.41, 5.74) is 12.9. The van der Waals surface area contributed by atoms with E-state index < -0.39 is 0 Å². The molecule has 0 aliphatic carbocycles. The molecule has 0 aliphatic heterocycles. The maximum Gasteiger partial charge on any atom is 0.104 e. The van der Waals surface area contributed by atoms with E-state index in [9.17, 15) is 10.5 Å². The number of nitrogens with zero attached hydrogens (tertiary/aromatic N) is 6. The average molecular weight is 1070 g/mol. The lowest BCUT2D eigenvalue weighted by Gasteiger charge is -2.27. The van der Waals surface area contributed by atoms with Crippen molar-refractivity contribution in [3.63, 3.8) is 0 Å². The molecule has 0 fully saturated rings. The largest absolute Gasteiger partial charge is 0.306 e. The molecule has 6 nitrogen and oxygen atoms in total. The number of aromatic nitrogens is 4. The molecule has 7 heteroatoms. The molecule has 18 aromatic rings. The lowest BCUT2D eigenvalue weighted by Crippen LogP contribution is -2.16. The third-order valence-electron chi connectivity index (χ3n) is 17.6. The topological polar surface area (TPSA) is 67.3 Å². The van der Waals surface area contributed by atoms with Crippen molar-refractivity contribution in [2.24, 2.45) is 0 Å². The van der Waals surface area contributed by atoms with E-state index >= 15 is 0 Å². The first kappa shape index (κ1) is 45.6. The van der Waals surface area contributed by atoms with Crippen molar-refractivity contribution in [1.29, 1.82) is 10.5 Å². The fraction of sp³-hybridized carbons (Fsp3) is 0. The highest BCUT2D eigenvalue weighted by Gasteiger charge is 2.35. The second-order valence-corrected chi connectivity index (χ2v) is 22.7. The van der Waals surface area contributed by atoms with E-state index in [1.807, 2.05) is 11.3 Å². The van der Waals surface area contributed by atoms with E-state index in [1.165, 1.54) is 31.6 Å². The van der Waals surface area contributed by atoms with E-state index in [1.54, 1.807) is 0 Å². The predicted molar refractivity (Wildman–Crippen MR) is 347 cm³/mol. The molecule has 0 bridgehead atoms. The molecule has 0 N–H and O–H groups in total. The van der Waals surface area contributed by atoms with Gasteiger partial charge in [0.2, 0.25) is 0 Å². The van der Waals surface area contributed by atoms with Gasteiger partial charge in [-0.3, -0.25) is 0 Å². The van der Waals surface area contributed by atoms with Crippen molar-refractivity contribution >= 4 is 140 Å². The van der Waals surface area contributed by atoms with Crippen LogP contribution in [0.5, 0.6) is 0 Å². The fourth-order valence-corrected chi connectivity index (χ4v) is 15.6. The van der Waals surface area contributed by atoms with Gasteiger partial charge in [0.15, 0.2) is 0 Å². The number of hydrogen-bond donors (Lipinski definition) is 0. The summed E-state index contributed by atoms with van der Waals surface area (Å²) >= 11 is 1.81. The van der Waals surface area contributed by atoms with E-state index in [-0.39, 0.29) is 0 Å². The van der Waals surface area contributed by atoms with Gasteiger partial charge in [0, 0.05) is 63.3 Å². The van der Waals surface area contributed by atoms with Gasteiger partial charge in [-0.1, -0.05) is 200 Å². The Hall–Kier alpha value is -11.2. The Morgan fingerprint density at radius 2 is 0.602 bits per heavy atom. The summed E-state index contributed by atoms with van der Waals surface area (Å²) in [6, 6.07) is 96.6. The van der Waals surface area contributed by atoms with Gasteiger partial charge in [-0.05, 0) is 87.3 Å². The summed E-state index contributed by atoms with van der Waals surface area (Å²) in [6.45, 7) is 0. The molecule has 382 valence electrons. The van der Waals surface area contributed by atoms with Crippen LogP contribution in [0.3, 0.4) is 0 Å². The van der Waals surface area contributed by atoms with E-state index in [2.05, 4.69) is 285 Å². The Labute approximate surface area is 478 Å². The number of thiophene rings is 1. The van der Waals surface area contributed by atoms with Crippen LogP contribution >= 0.6 is 11.3 Å². The molecule has 0 spiro atoms. The molecule has 0 aliphatic rings. The molecular weight excluding hydrogens is 1030 g/mol. The average Bonchev–Trinajstić information content (AvgIpc) is 1.75. The normalized spacial score (nSPS) is 12.1. The standard InChI is InChI=1S/C76H42N6S/c77-43-58-72(79-60-31-10-3-22-48(60)49-23-4-11-32-61(49)79)73(80-62-33-12-5-24-50(62)51-25-6-13-34-63(51)80)59(44-78)75(74(58)81-64-35-14-7-26-52(64)53-27-8-15-36-65(53)81)82-66-37-18-30-56(55-29-17-20-46-40-39-45-19-1-2-21-47(45)69(46)55)70(66)71-67(82)42-41-57-54-28-9-16-38-68(54)83-76(57)71/h1-42H. The number of fused-ring (bicyclic) bond motifs is 19. The highest BCUT2D eigenvalue weighted by molar-refractivity contribution is 7.26. The molecule has 0 atom stereocenters. The van der Waals surface area contributed by atoms with Crippen molar-refractivity contribution in [2.75, 3.05) is 0 Å². The van der Waals surface area contributed by atoms with Gasteiger partial charge in [0.05, 0.1) is 66.9 Å². The van der Waals surface area contributed by atoms with Crippen LogP contribution in [0.4, 0.5) is 0 Å². The first-order chi connectivity index (χ1) is 41.2. The minimum atomic E-state index is 0.418. The van der Waals surface area contributed by atoms with Crippen LogP contribution in [0.25, 0.3) is 163 Å². The van der Waals surface area contributed by atoms with Crippen LogP contribution in [0, 0.1) is 22.7 Å². The Morgan fingerprint density at radius 1 is 0.253 bits per heavy atom. The number of benzene rings is 13. The van der Waals surface area contributed by atoms with Crippen LogP contribution in [0.1, 0.15) is 11.1 Å². The number of nitriles is 2. The molecule has 13 aromatic carbocycles. The molecule has 5 aromatic heterocycles. The van der Waals surface area contributed by atoms with Crippen LogP contribution < -0.4 is 0 Å². The molecule has 83 heavy (non-hydrogen) atoms. The number of rotatable bonds is 5. The van der Waals surface area contributed by atoms with Crippen LogP contribution in [-0.4, -0.2) is 18.3 Å². The first-order valence-corrected chi connectivity index (χ1v) is 28.8. The lowest BCUT2D eigenvalue weighted by atomic mass is 9.91. The quantitative estimate of drug-likeness (QED) is 0.161. The highest BCUT2D eigenvalue weighted by atomic mass is 32.1. The van der Waals surface area contributed by atoms with Crippen LogP contribution in [0.2, 0.25) is 0 Å². The SMILES string of the molecule is N#Cc1c(-n2c3ccccc3c3ccccc32)c(-n2c3ccccc3c3ccccc32)c(C#N)c(-n2c3cccc(-c4cccc5ccc6ccccc6c45)c3c3c4sc5ccccc5c4ccc32)c1-n1c2ccccc2c2ccccc21. The van der Waals surface area contributed by atoms with Crippen molar-refractivity contribution in [2.45, 2.75) is 0 Å². The fourth-order valence-electron chi connectivity index (χ4n) is 14.3. The molecule has 0 unspecified atom stereocenters. The lowest BCUT2D eigenvalue weighted by molar-refractivity contribution is 1.02. The third kappa shape index (κ3) is 6.07. The molecule has 0 saturated heterocycles. The van der Waals surface area contributed by atoms with E-state index in [4.69, 9.17) is 0 Å². The summed E-state index contributed by atoms with van der Waals surface area (Å²) < 4.78 is 11.5. The van der Waals surface area contributed by atoms with Crippen molar-refractivity contribution in [1.82, 2.24) is 18.3 Å². The van der Waals surface area contributed by atoms with Crippen LogP contribution in [0.15, 0.2) is 255 Å². The second-order valence-electron chi connectivity index (χ2n) is 21.6. The number of hydrogen-bond acceptors (Lipinski definition) is 3. The minimum Gasteiger partial charge on any atom is -0.306 e. The van der Waals surface area contributed by atoms with Crippen LogP contribution in [-0.2, 0) is 0 Å². The second kappa shape index (κ2) is 17.1. The van der Waals surface area contributed by atoms with E-state index in [0.29, 0.717) is 33.9 Å². The van der Waals surface area contributed by atoms with Gasteiger partial charge in [-0.2, -0.15) is 10.5 Å². The summed E-state index contributed by atoms with van der Waals surface area (Å²) in [4.78, 5) is 0. The van der Waals surface area contributed by atoms with Crippen molar-refractivity contribution in [3.8, 4) is 46.0 Å². The van der Waals surface area contributed by atoms with Gasteiger partial charge < -0.3 is 18.3 Å². The molecular formula is C76H42N6S. The molecule has 0 amide bonds. The van der Waals surface area contributed by atoms with Crippen molar-refractivity contribution < 1.29 is 0 Å². The molecule has 18 rings (SSSR count). The smallest absolute Gasteiger partial charge is 0.104 e. The highest BCUT2D eigenvalue weighted by Crippen LogP contribution is 2.52. The maximum atomic E-state index is 13.0. The molecule has 0 saturated carbocycles. The maximum absolute atomic E-state index is 13.0. The van der Waals surface area contributed by atoms with Gasteiger partial charge >= 0.3 is 0 Å². The van der Waals surface area contributed by atoms with Gasteiger partial charge in [-0.15, -0.1) is 11.3 Å². The summed E-state index contributed by atoms with van der Waals surface area (Å²) in [7, 11) is 0. The molecule has 0 radical (unpaired) electrons. The Morgan fingerprint density at radius 3 is 1.08 bits per heavy atom. The Kier molecular flexibility index (Phi) is 9.42. The zero-order valence-corrected chi connectivity index (χ0v) is 45.2. The Bertz CT molecular complexity index is 5820. The van der Waals surface area contributed by atoms with Gasteiger partial charge in [-0.25, -0.2) is 0 Å². The van der Waals surface area contributed by atoms with Gasteiger partial charge in [0.1, 0.15) is 23.3 Å². The zero-order chi connectivity index (χ0) is 54.6.